The number of nitrogens with zero attached hydrogens (tertiary/aromatic N) is 1. The lowest BCUT2D eigenvalue weighted by atomic mass is 10.1. The van der Waals surface area contributed by atoms with Crippen LogP contribution in [0.2, 0.25) is 0 Å². The van der Waals surface area contributed by atoms with Gasteiger partial charge in [0.25, 0.3) is 0 Å². The molecule has 23 heavy (non-hydrogen) atoms. The topological polar surface area (TPSA) is 66.2 Å². The molecule has 0 amide bonds. The number of halogens is 1. The first-order valence-electron chi connectivity index (χ1n) is 7.47. The van der Waals surface area contributed by atoms with Crippen LogP contribution in [0.5, 0.6) is 0 Å². The average molecular weight is 420 g/mol. The number of aromatic amines is 1. The Morgan fingerprint density at radius 1 is 1.13 bits per heavy atom. The van der Waals surface area contributed by atoms with E-state index < -0.39 is 0 Å². The Labute approximate surface area is 153 Å². The monoisotopic (exact) mass is 420 g/mol. The number of hydrogen-bond donors (Lipinski definition) is 3. The smallest absolute Gasteiger partial charge is 0.193 e. The molecule has 0 saturated carbocycles. The fourth-order valence-electron chi connectivity index (χ4n) is 2.45. The van der Waals surface area contributed by atoms with E-state index in [0.29, 0.717) is 12.5 Å². The lowest BCUT2D eigenvalue weighted by Gasteiger charge is -2.06. The summed E-state index contributed by atoms with van der Waals surface area (Å²) in [6, 6.07) is 18.5. The first-order valence-corrected chi connectivity index (χ1v) is 7.47. The van der Waals surface area contributed by atoms with Crippen molar-refractivity contribution in [1.29, 1.82) is 0 Å². The van der Waals surface area contributed by atoms with Crippen molar-refractivity contribution >= 4 is 46.5 Å². The summed E-state index contributed by atoms with van der Waals surface area (Å²) in [5, 5.41) is 4.32. The molecule has 1 heterocycles. The van der Waals surface area contributed by atoms with Crippen molar-refractivity contribution in [3.05, 3.63) is 65.9 Å². The summed E-state index contributed by atoms with van der Waals surface area (Å²) in [6.07, 6.45) is 1.00. The Kier molecular flexibility index (Phi) is 6.04. The van der Waals surface area contributed by atoms with Crippen molar-refractivity contribution in [2.75, 3.05) is 5.32 Å². The first-order chi connectivity index (χ1) is 10.7. The maximum atomic E-state index is 5.96. The van der Waals surface area contributed by atoms with Gasteiger partial charge in [0.15, 0.2) is 5.96 Å². The van der Waals surface area contributed by atoms with Crippen LogP contribution in [0.3, 0.4) is 0 Å². The van der Waals surface area contributed by atoms with Gasteiger partial charge in [-0.3, -0.25) is 0 Å². The largest absolute Gasteiger partial charge is 0.370 e. The molecule has 120 valence electrons. The molecule has 0 spiro atoms. The summed E-state index contributed by atoms with van der Waals surface area (Å²) >= 11 is 0. The van der Waals surface area contributed by atoms with Crippen LogP contribution in [-0.2, 0) is 13.0 Å². The van der Waals surface area contributed by atoms with E-state index in [1.165, 1.54) is 10.9 Å². The van der Waals surface area contributed by atoms with Crippen molar-refractivity contribution in [3.63, 3.8) is 0 Å². The molecule has 3 rings (SSSR count). The predicted molar refractivity (Wildman–Crippen MR) is 108 cm³/mol. The highest BCUT2D eigenvalue weighted by molar-refractivity contribution is 14.0. The molecule has 2 aromatic carbocycles. The molecule has 0 atom stereocenters. The molecule has 0 fully saturated rings. The molecule has 5 heteroatoms. The number of guanidine groups is 1. The highest BCUT2D eigenvalue weighted by Gasteiger charge is 2.00. The predicted octanol–water partition coefficient (Wildman–Crippen LogP) is 4.28. The van der Waals surface area contributed by atoms with Gasteiger partial charge >= 0.3 is 0 Å². The van der Waals surface area contributed by atoms with Crippen LogP contribution in [0.4, 0.5) is 5.69 Å². The van der Waals surface area contributed by atoms with Crippen molar-refractivity contribution in [1.82, 2.24) is 4.98 Å². The lowest BCUT2D eigenvalue weighted by molar-refractivity contribution is 1.01. The molecule has 0 bridgehead atoms. The lowest BCUT2D eigenvalue weighted by Crippen LogP contribution is -2.22. The van der Waals surface area contributed by atoms with Crippen molar-refractivity contribution < 1.29 is 0 Å². The molecule has 0 radical (unpaired) electrons. The Morgan fingerprint density at radius 3 is 2.74 bits per heavy atom. The number of benzene rings is 2. The number of nitrogens with one attached hydrogen (secondary N) is 2. The molecule has 0 aliphatic rings. The van der Waals surface area contributed by atoms with Gasteiger partial charge in [-0.25, -0.2) is 4.99 Å². The van der Waals surface area contributed by atoms with Gasteiger partial charge in [-0.2, -0.15) is 0 Å². The van der Waals surface area contributed by atoms with Gasteiger partial charge in [0.1, 0.15) is 0 Å². The molecule has 1 aromatic heterocycles. The summed E-state index contributed by atoms with van der Waals surface area (Å²) in [5.74, 6) is 0.423. The second-order valence-electron chi connectivity index (χ2n) is 5.26. The molecule has 0 aliphatic carbocycles. The third kappa shape index (κ3) is 4.48. The minimum Gasteiger partial charge on any atom is -0.370 e. The summed E-state index contributed by atoms with van der Waals surface area (Å²) in [4.78, 5) is 7.74. The Hall–Kier alpha value is -2.02. The molecular weight excluding hydrogens is 399 g/mol. The minimum absolute atomic E-state index is 0. The van der Waals surface area contributed by atoms with Gasteiger partial charge < -0.3 is 16.0 Å². The molecule has 3 aromatic rings. The van der Waals surface area contributed by atoms with Crippen LogP contribution in [0.15, 0.2) is 59.6 Å². The molecule has 4 nitrogen and oxygen atoms in total. The van der Waals surface area contributed by atoms with E-state index in [9.17, 15) is 0 Å². The van der Waals surface area contributed by atoms with E-state index in [1.807, 2.05) is 24.3 Å². The normalized spacial score (nSPS) is 11.3. The van der Waals surface area contributed by atoms with Crippen LogP contribution >= 0.6 is 24.0 Å². The highest BCUT2D eigenvalue weighted by Crippen LogP contribution is 2.15. The van der Waals surface area contributed by atoms with E-state index in [4.69, 9.17) is 5.73 Å². The van der Waals surface area contributed by atoms with Crippen LogP contribution in [-0.4, -0.2) is 10.9 Å². The average Bonchev–Trinajstić information content (AvgIpc) is 2.96. The summed E-state index contributed by atoms with van der Waals surface area (Å²) in [6.45, 7) is 2.66. The van der Waals surface area contributed by atoms with Gasteiger partial charge in [-0.1, -0.05) is 37.3 Å². The number of aryl methyl sites for hydroxylation is 1. The van der Waals surface area contributed by atoms with Gasteiger partial charge in [-0.15, -0.1) is 24.0 Å². The fraction of sp³-hybridized carbons (Fsp3) is 0.167. The highest BCUT2D eigenvalue weighted by atomic mass is 127. The second-order valence-corrected chi connectivity index (χ2v) is 5.26. The van der Waals surface area contributed by atoms with E-state index in [0.717, 1.165) is 23.3 Å². The minimum atomic E-state index is 0. The second kappa shape index (κ2) is 8.01. The van der Waals surface area contributed by atoms with Crippen molar-refractivity contribution in [2.24, 2.45) is 10.7 Å². The number of aromatic nitrogens is 1. The summed E-state index contributed by atoms with van der Waals surface area (Å²) in [7, 11) is 0. The van der Waals surface area contributed by atoms with Gasteiger partial charge in [0.2, 0.25) is 0 Å². The van der Waals surface area contributed by atoms with Crippen LogP contribution in [0.1, 0.15) is 18.2 Å². The zero-order valence-corrected chi connectivity index (χ0v) is 15.4. The maximum Gasteiger partial charge on any atom is 0.193 e. The summed E-state index contributed by atoms with van der Waals surface area (Å²) in [5.41, 5.74) is 10.4. The Morgan fingerprint density at radius 2 is 1.96 bits per heavy atom. The van der Waals surface area contributed by atoms with Gasteiger partial charge in [0, 0.05) is 16.9 Å². The number of anilines is 1. The molecule has 0 saturated heterocycles. The van der Waals surface area contributed by atoms with E-state index in [1.54, 1.807) is 0 Å². The van der Waals surface area contributed by atoms with E-state index in [-0.39, 0.29) is 24.0 Å². The number of rotatable bonds is 4. The first kappa shape index (κ1) is 17.3. The molecule has 0 aliphatic heterocycles. The SMILES string of the molecule is CCc1cccc(NC(N)=NCc2cc3ccccc3[nH]2)c1.I. The molecule has 0 unspecified atom stereocenters. The quantitative estimate of drug-likeness (QED) is 0.335. The third-order valence-electron chi connectivity index (χ3n) is 3.61. The number of hydrogen-bond acceptors (Lipinski definition) is 1. The number of nitrogens with two attached hydrogens (primary N) is 1. The summed E-state index contributed by atoms with van der Waals surface area (Å²) < 4.78 is 0. The molecule has 4 N–H and O–H groups in total. The van der Waals surface area contributed by atoms with E-state index >= 15 is 0 Å². The number of para-hydroxylation sites is 1. The van der Waals surface area contributed by atoms with Gasteiger partial charge in [-0.05, 0) is 41.6 Å². The third-order valence-corrected chi connectivity index (χ3v) is 3.61. The number of H-pyrrole nitrogens is 1. The Bertz CT molecular complexity index is 774. The Balaban J connectivity index is 0.00000192. The zero-order valence-electron chi connectivity index (χ0n) is 13.0. The van der Waals surface area contributed by atoms with Crippen molar-refractivity contribution in [2.45, 2.75) is 19.9 Å². The van der Waals surface area contributed by atoms with Crippen LogP contribution < -0.4 is 11.1 Å². The number of aliphatic imine (C=N–C) groups is 1. The van der Waals surface area contributed by atoms with Crippen molar-refractivity contribution in [3.8, 4) is 0 Å². The van der Waals surface area contributed by atoms with Crippen LogP contribution in [0, 0.1) is 0 Å². The van der Waals surface area contributed by atoms with E-state index in [2.05, 4.69) is 52.5 Å². The standard InChI is InChI=1S/C18H20N4.HI/c1-2-13-6-5-8-15(10-13)22-18(19)20-12-16-11-14-7-3-4-9-17(14)21-16;/h3-11,21H,2,12H2,1H3,(H3,19,20,22);1H. The fourth-order valence-corrected chi connectivity index (χ4v) is 2.45. The van der Waals surface area contributed by atoms with Gasteiger partial charge in [0.05, 0.1) is 6.54 Å². The van der Waals surface area contributed by atoms with Crippen LogP contribution in [0.25, 0.3) is 10.9 Å². The molecular formula is C18H21IN4. The maximum absolute atomic E-state index is 5.96. The zero-order chi connectivity index (χ0) is 15.4. The number of fused-ring (bicyclic) bond motifs is 1.